The number of amides is 4. The Hall–Kier alpha value is -4.46. The molecule has 0 spiro atoms. The van der Waals surface area contributed by atoms with Crippen molar-refractivity contribution in [3.63, 3.8) is 0 Å². The second kappa shape index (κ2) is 8.82. The molecule has 2 aliphatic heterocycles. The van der Waals surface area contributed by atoms with Gasteiger partial charge in [0.2, 0.25) is 12.0 Å². The number of nitrogens with one attached hydrogen (secondary N) is 2. The lowest BCUT2D eigenvalue weighted by Gasteiger charge is -2.26. The number of hydrogen-bond acceptors (Lipinski definition) is 5. The third-order valence-electron chi connectivity index (χ3n) is 5.77. The first-order valence-corrected chi connectivity index (χ1v) is 10.9. The van der Waals surface area contributed by atoms with Crippen LogP contribution in [0.3, 0.4) is 0 Å². The molecule has 0 bridgehead atoms. The summed E-state index contributed by atoms with van der Waals surface area (Å²) in [4.78, 5) is 50.9. The van der Waals surface area contributed by atoms with E-state index in [4.69, 9.17) is 4.74 Å². The molecule has 4 amide bonds. The zero-order valence-corrected chi connectivity index (χ0v) is 18.1. The zero-order chi connectivity index (χ0) is 23.7. The standard InChI is InChI=1S/C26H21N3O5/c30-22(11-6-14-29-25(32)18-9-4-5-10-19(18)26(29)33)27-17-12-13-21-20(15-17)28-24(31)23(34-21)16-7-2-1-3-8-16/h1-5,7-10,12-13,15,23H,6,11,14H2,(H,27,30)(H,28,31). The summed E-state index contributed by atoms with van der Waals surface area (Å²) in [5.41, 5.74) is 2.52. The molecule has 3 aromatic rings. The second-order valence-electron chi connectivity index (χ2n) is 8.07. The number of carbonyl (C=O) groups excluding carboxylic acids is 4. The number of hydrogen-bond donors (Lipinski definition) is 2. The van der Waals surface area contributed by atoms with Crippen LogP contribution in [0, 0.1) is 0 Å². The molecular weight excluding hydrogens is 434 g/mol. The van der Waals surface area contributed by atoms with Crippen LogP contribution < -0.4 is 15.4 Å². The highest BCUT2D eigenvalue weighted by atomic mass is 16.5. The van der Waals surface area contributed by atoms with Crippen LogP contribution >= 0.6 is 0 Å². The molecule has 5 rings (SSSR count). The van der Waals surface area contributed by atoms with Gasteiger partial charge in [0.25, 0.3) is 17.7 Å². The van der Waals surface area contributed by atoms with Crippen LogP contribution in [0.15, 0.2) is 72.8 Å². The van der Waals surface area contributed by atoms with E-state index in [9.17, 15) is 19.2 Å². The number of anilines is 2. The van der Waals surface area contributed by atoms with E-state index in [0.29, 0.717) is 34.7 Å². The van der Waals surface area contributed by atoms with E-state index in [-0.39, 0.29) is 36.6 Å². The van der Waals surface area contributed by atoms with Gasteiger partial charge in [-0.2, -0.15) is 0 Å². The fraction of sp³-hybridized carbons (Fsp3) is 0.154. The zero-order valence-electron chi connectivity index (χ0n) is 18.1. The van der Waals surface area contributed by atoms with E-state index in [1.807, 2.05) is 30.3 Å². The van der Waals surface area contributed by atoms with E-state index < -0.39 is 6.10 Å². The lowest BCUT2D eigenvalue weighted by atomic mass is 10.1. The first-order valence-electron chi connectivity index (χ1n) is 10.9. The highest BCUT2D eigenvalue weighted by Gasteiger charge is 2.34. The summed E-state index contributed by atoms with van der Waals surface area (Å²) in [5.74, 6) is -0.706. The summed E-state index contributed by atoms with van der Waals surface area (Å²) in [6.07, 6.45) is -0.277. The Bertz CT molecular complexity index is 1270. The SMILES string of the molecule is O=C(CCCN1C(=O)c2ccccc2C1=O)Nc1ccc2c(c1)NC(=O)C(c1ccccc1)O2. The molecule has 0 aromatic heterocycles. The maximum Gasteiger partial charge on any atom is 0.270 e. The summed E-state index contributed by atoms with van der Waals surface area (Å²) < 4.78 is 5.86. The van der Waals surface area contributed by atoms with Crippen LogP contribution in [0.5, 0.6) is 5.75 Å². The van der Waals surface area contributed by atoms with Crippen LogP contribution in [-0.2, 0) is 9.59 Å². The third kappa shape index (κ3) is 4.01. The maximum absolute atomic E-state index is 12.5. The smallest absolute Gasteiger partial charge is 0.270 e. The van der Waals surface area contributed by atoms with Crippen LogP contribution in [0.4, 0.5) is 11.4 Å². The number of ether oxygens (including phenoxy) is 1. The van der Waals surface area contributed by atoms with E-state index in [2.05, 4.69) is 10.6 Å². The van der Waals surface area contributed by atoms with Crippen molar-refractivity contribution in [2.45, 2.75) is 18.9 Å². The third-order valence-corrected chi connectivity index (χ3v) is 5.77. The first-order chi connectivity index (χ1) is 16.5. The Labute approximate surface area is 195 Å². The minimum Gasteiger partial charge on any atom is -0.474 e. The molecule has 34 heavy (non-hydrogen) atoms. The first kappa shape index (κ1) is 21.4. The second-order valence-corrected chi connectivity index (χ2v) is 8.07. The summed E-state index contributed by atoms with van der Waals surface area (Å²) in [7, 11) is 0. The van der Waals surface area contributed by atoms with Crippen molar-refractivity contribution in [1.29, 1.82) is 0 Å². The fourth-order valence-electron chi connectivity index (χ4n) is 4.10. The molecule has 3 aromatic carbocycles. The summed E-state index contributed by atoms with van der Waals surface area (Å²) in [5, 5.41) is 5.60. The molecular formula is C26H21N3O5. The molecule has 2 aliphatic rings. The van der Waals surface area contributed by atoms with Crippen LogP contribution in [-0.4, -0.2) is 35.1 Å². The number of rotatable bonds is 6. The summed E-state index contributed by atoms with van der Waals surface area (Å²) in [6.45, 7) is 0.161. The lowest BCUT2D eigenvalue weighted by Crippen LogP contribution is -2.31. The molecule has 2 heterocycles. The molecule has 8 heteroatoms. The van der Waals surface area contributed by atoms with Gasteiger partial charge in [-0.15, -0.1) is 0 Å². The minimum absolute atomic E-state index is 0.128. The van der Waals surface area contributed by atoms with Gasteiger partial charge in [-0.3, -0.25) is 24.1 Å². The van der Waals surface area contributed by atoms with E-state index in [1.54, 1.807) is 42.5 Å². The molecule has 0 fully saturated rings. The Kier molecular flexibility index (Phi) is 5.55. The van der Waals surface area contributed by atoms with Gasteiger partial charge in [0.1, 0.15) is 5.75 Å². The van der Waals surface area contributed by atoms with Gasteiger partial charge in [0.15, 0.2) is 0 Å². The van der Waals surface area contributed by atoms with Crippen LogP contribution in [0.2, 0.25) is 0 Å². The van der Waals surface area contributed by atoms with Gasteiger partial charge < -0.3 is 15.4 Å². The van der Waals surface area contributed by atoms with Crippen molar-refractivity contribution in [3.05, 3.63) is 89.5 Å². The van der Waals surface area contributed by atoms with Gasteiger partial charge in [-0.05, 0) is 36.8 Å². The summed E-state index contributed by atoms with van der Waals surface area (Å²) in [6, 6.07) is 20.9. The highest BCUT2D eigenvalue weighted by Crippen LogP contribution is 2.36. The quantitative estimate of drug-likeness (QED) is 0.551. The molecule has 2 N–H and O–H groups in total. The van der Waals surface area contributed by atoms with Gasteiger partial charge in [0, 0.05) is 24.2 Å². The normalized spacial score (nSPS) is 16.4. The van der Waals surface area contributed by atoms with Crippen molar-refractivity contribution in [2.24, 2.45) is 0 Å². The van der Waals surface area contributed by atoms with Crippen molar-refractivity contribution < 1.29 is 23.9 Å². The Balaban J connectivity index is 1.17. The Morgan fingerprint density at radius 3 is 2.29 bits per heavy atom. The van der Waals surface area contributed by atoms with Crippen LogP contribution in [0.25, 0.3) is 0 Å². The predicted molar refractivity (Wildman–Crippen MR) is 125 cm³/mol. The van der Waals surface area contributed by atoms with Crippen molar-refractivity contribution in [1.82, 2.24) is 4.90 Å². The molecule has 8 nitrogen and oxygen atoms in total. The number of benzene rings is 3. The highest BCUT2D eigenvalue weighted by molar-refractivity contribution is 6.21. The van der Waals surface area contributed by atoms with Crippen molar-refractivity contribution in [2.75, 3.05) is 17.2 Å². The van der Waals surface area contributed by atoms with Crippen molar-refractivity contribution in [3.8, 4) is 5.75 Å². The Morgan fingerprint density at radius 1 is 0.912 bits per heavy atom. The predicted octanol–water partition coefficient (Wildman–Crippen LogP) is 3.77. The topological polar surface area (TPSA) is 105 Å². The molecule has 0 saturated heterocycles. The van der Waals surface area contributed by atoms with E-state index in [0.717, 1.165) is 5.56 Å². The molecule has 0 saturated carbocycles. The Morgan fingerprint density at radius 2 is 1.59 bits per heavy atom. The monoisotopic (exact) mass is 455 g/mol. The number of carbonyl (C=O) groups is 4. The van der Waals surface area contributed by atoms with Gasteiger partial charge >= 0.3 is 0 Å². The van der Waals surface area contributed by atoms with Gasteiger partial charge in [0.05, 0.1) is 16.8 Å². The maximum atomic E-state index is 12.5. The van der Waals surface area contributed by atoms with Gasteiger partial charge in [-0.25, -0.2) is 0 Å². The minimum atomic E-state index is -0.740. The molecule has 1 atom stereocenters. The largest absolute Gasteiger partial charge is 0.474 e. The van der Waals surface area contributed by atoms with Gasteiger partial charge in [-0.1, -0.05) is 42.5 Å². The van der Waals surface area contributed by atoms with Crippen LogP contribution in [0.1, 0.15) is 45.2 Å². The number of fused-ring (bicyclic) bond motifs is 2. The number of imide groups is 1. The number of nitrogens with zero attached hydrogens (tertiary/aromatic N) is 1. The van der Waals surface area contributed by atoms with Crippen molar-refractivity contribution >= 4 is 35.0 Å². The average Bonchev–Trinajstić information content (AvgIpc) is 3.09. The van der Waals surface area contributed by atoms with E-state index in [1.165, 1.54) is 4.90 Å². The molecule has 170 valence electrons. The lowest BCUT2D eigenvalue weighted by molar-refractivity contribution is -0.123. The molecule has 0 aliphatic carbocycles. The average molecular weight is 455 g/mol. The van der Waals surface area contributed by atoms with E-state index >= 15 is 0 Å². The summed E-state index contributed by atoms with van der Waals surface area (Å²) >= 11 is 0. The molecule has 1 unspecified atom stereocenters. The fourth-order valence-corrected chi connectivity index (χ4v) is 4.10. The molecule has 0 radical (unpaired) electrons.